The minimum atomic E-state index is -0.309. The maximum absolute atomic E-state index is 11.3. The molecule has 1 aliphatic heterocycles. The highest BCUT2D eigenvalue weighted by Gasteiger charge is 2.44. The topological polar surface area (TPSA) is 61.8 Å². The summed E-state index contributed by atoms with van der Waals surface area (Å²) in [5.74, 6) is -0.0816. The standard InChI is InChI=1S/C15H26O5/c1-8(2)14-15(19-12(6)17)10(4)9(3)13(20-14)7-18-11(5)16/h8-10,13-15H,7H2,1-6H3/t9-,10-,13?,14-,15?/m0/s1. The van der Waals surface area contributed by atoms with E-state index in [2.05, 4.69) is 6.92 Å². The van der Waals surface area contributed by atoms with E-state index < -0.39 is 0 Å². The molecule has 20 heavy (non-hydrogen) atoms. The second-order valence-electron chi connectivity index (χ2n) is 5.98. The van der Waals surface area contributed by atoms with Crippen LogP contribution in [0.1, 0.15) is 41.5 Å². The summed E-state index contributed by atoms with van der Waals surface area (Å²) in [4.78, 5) is 22.2. The number of rotatable bonds is 4. The fourth-order valence-corrected chi connectivity index (χ4v) is 2.63. The molecule has 5 atom stereocenters. The van der Waals surface area contributed by atoms with Crippen LogP contribution in [0.5, 0.6) is 0 Å². The lowest BCUT2D eigenvalue weighted by Gasteiger charge is -2.45. The molecule has 116 valence electrons. The van der Waals surface area contributed by atoms with E-state index in [1.165, 1.54) is 13.8 Å². The van der Waals surface area contributed by atoms with E-state index in [0.29, 0.717) is 0 Å². The second-order valence-corrected chi connectivity index (χ2v) is 5.98. The van der Waals surface area contributed by atoms with Gasteiger partial charge >= 0.3 is 11.9 Å². The molecule has 0 spiro atoms. The van der Waals surface area contributed by atoms with Crippen molar-refractivity contribution in [2.45, 2.75) is 59.9 Å². The maximum Gasteiger partial charge on any atom is 0.303 e. The number of hydrogen-bond donors (Lipinski definition) is 0. The zero-order chi connectivity index (χ0) is 15.4. The minimum absolute atomic E-state index is 0.147. The van der Waals surface area contributed by atoms with Crippen molar-refractivity contribution in [1.29, 1.82) is 0 Å². The lowest BCUT2D eigenvalue weighted by molar-refractivity contribution is -0.212. The van der Waals surface area contributed by atoms with Gasteiger partial charge in [0.05, 0.1) is 12.2 Å². The van der Waals surface area contributed by atoms with Crippen molar-refractivity contribution in [1.82, 2.24) is 0 Å². The first-order valence-electron chi connectivity index (χ1n) is 7.20. The van der Waals surface area contributed by atoms with Crippen LogP contribution in [0.2, 0.25) is 0 Å². The normalized spacial score (nSPS) is 33.9. The number of hydrogen-bond acceptors (Lipinski definition) is 5. The van der Waals surface area contributed by atoms with Crippen LogP contribution in [-0.2, 0) is 23.8 Å². The predicted octanol–water partition coefficient (Wildman–Crippen LogP) is 2.18. The van der Waals surface area contributed by atoms with E-state index in [1.54, 1.807) is 0 Å². The summed E-state index contributed by atoms with van der Waals surface area (Å²) in [5, 5.41) is 0. The van der Waals surface area contributed by atoms with Crippen molar-refractivity contribution in [3.05, 3.63) is 0 Å². The van der Waals surface area contributed by atoms with E-state index in [-0.39, 0.29) is 54.6 Å². The molecule has 1 fully saturated rings. The first-order chi connectivity index (χ1) is 9.23. The van der Waals surface area contributed by atoms with E-state index in [1.807, 2.05) is 20.8 Å². The fourth-order valence-electron chi connectivity index (χ4n) is 2.63. The average molecular weight is 286 g/mol. The third-order valence-electron chi connectivity index (χ3n) is 4.00. The van der Waals surface area contributed by atoms with Crippen LogP contribution in [0, 0.1) is 17.8 Å². The molecule has 0 bridgehead atoms. The Morgan fingerprint density at radius 3 is 2.15 bits per heavy atom. The largest absolute Gasteiger partial charge is 0.463 e. The Labute approximate surface area is 121 Å². The zero-order valence-corrected chi connectivity index (χ0v) is 13.2. The van der Waals surface area contributed by atoms with Gasteiger partial charge in [0, 0.05) is 19.8 Å². The summed E-state index contributed by atoms with van der Waals surface area (Å²) in [6, 6.07) is 0. The van der Waals surface area contributed by atoms with E-state index in [0.717, 1.165) is 0 Å². The highest BCUT2D eigenvalue weighted by molar-refractivity contribution is 5.66. The van der Waals surface area contributed by atoms with Crippen LogP contribution in [0.25, 0.3) is 0 Å². The molecule has 0 aliphatic carbocycles. The number of carbonyl (C=O) groups is 2. The SMILES string of the molecule is CC(=O)OCC1O[C@@H](C(C)C)C(OC(C)=O)[C@@H](C)[C@@H]1C. The molecule has 0 aromatic heterocycles. The van der Waals surface area contributed by atoms with Crippen molar-refractivity contribution in [3.8, 4) is 0 Å². The van der Waals surface area contributed by atoms with Crippen molar-refractivity contribution in [2.24, 2.45) is 17.8 Å². The average Bonchev–Trinajstić information content (AvgIpc) is 2.33. The predicted molar refractivity (Wildman–Crippen MR) is 74.0 cm³/mol. The number of ether oxygens (including phenoxy) is 3. The summed E-state index contributed by atoms with van der Waals surface area (Å²) in [6.07, 6.45) is -0.588. The second kappa shape index (κ2) is 7.07. The molecular weight excluding hydrogens is 260 g/mol. The molecule has 1 aliphatic rings. The van der Waals surface area contributed by atoms with Gasteiger partial charge in [-0.3, -0.25) is 9.59 Å². The van der Waals surface area contributed by atoms with Gasteiger partial charge < -0.3 is 14.2 Å². The van der Waals surface area contributed by atoms with Gasteiger partial charge in [0.1, 0.15) is 12.7 Å². The molecule has 5 heteroatoms. The Morgan fingerprint density at radius 1 is 1.10 bits per heavy atom. The van der Waals surface area contributed by atoms with Gasteiger partial charge in [-0.1, -0.05) is 27.7 Å². The van der Waals surface area contributed by atoms with Gasteiger partial charge in [0.25, 0.3) is 0 Å². The first kappa shape index (κ1) is 17.0. The van der Waals surface area contributed by atoms with Crippen molar-refractivity contribution in [2.75, 3.05) is 6.61 Å². The molecule has 1 rings (SSSR count). The molecule has 0 aromatic carbocycles. The molecular formula is C15H26O5. The smallest absolute Gasteiger partial charge is 0.303 e. The molecule has 0 saturated carbocycles. The summed E-state index contributed by atoms with van der Waals surface area (Å²) in [6.45, 7) is 11.2. The van der Waals surface area contributed by atoms with Crippen LogP contribution in [0.4, 0.5) is 0 Å². The third kappa shape index (κ3) is 4.20. The summed E-state index contributed by atoms with van der Waals surface area (Å²) >= 11 is 0. The molecule has 0 amide bonds. The zero-order valence-electron chi connectivity index (χ0n) is 13.2. The minimum Gasteiger partial charge on any atom is -0.463 e. The Bertz CT molecular complexity index is 350. The maximum atomic E-state index is 11.3. The molecule has 0 N–H and O–H groups in total. The third-order valence-corrected chi connectivity index (χ3v) is 4.00. The van der Waals surface area contributed by atoms with Crippen molar-refractivity contribution >= 4 is 11.9 Å². The molecule has 0 radical (unpaired) electrons. The highest BCUT2D eigenvalue weighted by Crippen LogP contribution is 2.35. The molecule has 1 saturated heterocycles. The number of esters is 2. The quantitative estimate of drug-likeness (QED) is 0.741. The first-order valence-corrected chi connectivity index (χ1v) is 7.20. The fraction of sp³-hybridized carbons (Fsp3) is 0.867. The van der Waals surface area contributed by atoms with E-state index >= 15 is 0 Å². The van der Waals surface area contributed by atoms with Gasteiger partial charge in [-0.2, -0.15) is 0 Å². The van der Waals surface area contributed by atoms with Gasteiger partial charge in [-0.05, 0) is 11.8 Å². The Kier molecular flexibility index (Phi) is 5.99. The highest BCUT2D eigenvalue weighted by atomic mass is 16.6. The Hall–Kier alpha value is -1.10. The molecule has 1 heterocycles. The summed E-state index contributed by atoms with van der Waals surface area (Å²) in [5.41, 5.74) is 0. The lowest BCUT2D eigenvalue weighted by atomic mass is 9.79. The van der Waals surface area contributed by atoms with Crippen molar-refractivity contribution in [3.63, 3.8) is 0 Å². The van der Waals surface area contributed by atoms with E-state index in [9.17, 15) is 9.59 Å². The Balaban J connectivity index is 2.82. The summed E-state index contributed by atoms with van der Waals surface area (Å²) < 4.78 is 16.6. The lowest BCUT2D eigenvalue weighted by Crippen LogP contribution is -2.54. The summed E-state index contributed by atoms with van der Waals surface area (Å²) in [7, 11) is 0. The van der Waals surface area contributed by atoms with Crippen LogP contribution >= 0.6 is 0 Å². The van der Waals surface area contributed by atoms with Crippen LogP contribution in [-0.4, -0.2) is 36.9 Å². The monoisotopic (exact) mass is 286 g/mol. The van der Waals surface area contributed by atoms with Crippen LogP contribution in [0.15, 0.2) is 0 Å². The van der Waals surface area contributed by atoms with Crippen LogP contribution in [0.3, 0.4) is 0 Å². The molecule has 0 aromatic rings. The van der Waals surface area contributed by atoms with E-state index in [4.69, 9.17) is 14.2 Å². The molecule has 5 nitrogen and oxygen atoms in total. The van der Waals surface area contributed by atoms with Crippen LogP contribution < -0.4 is 0 Å². The van der Waals surface area contributed by atoms with Gasteiger partial charge in [0.15, 0.2) is 0 Å². The number of carbonyl (C=O) groups excluding carboxylic acids is 2. The van der Waals surface area contributed by atoms with Gasteiger partial charge in [-0.15, -0.1) is 0 Å². The van der Waals surface area contributed by atoms with Gasteiger partial charge in [-0.25, -0.2) is 0 Å². The van der Waals surface area contributed by atoms with Gasteiger partial charge in [0.2, 0.25) is 0 Å². The van der Waals surface area contributed by atoms with Crippen molar-refractivity contribution < 1.29 is 23.8 Å². The Morgan fingerprint density at radius 2 is 1.70 bits per heavy atom. The molecule has 2 unspecified atom stereocenters.